The van der Waals surface area contributed by atoms with Crippen LogP contribution in [0.25, 0.3) is 54.6 Å². The summed E-state index contributed by atoms with van der Waals surface area (Å²) >= 11 is 0. The highest BCUT2D eigenvalue weighted by atomic mass is 16.5. The number of hydrogen-bond acceptors (Lipinski definition) is 3. The molecule has 5 heteroatoms. The van der Waals surface area contributed by atoms with Crippen molar-refractivity contribution in [3.63, 3.8) is 0 Å². The van der Waals surface area contributed by atoms with E-state index in [1.165, 1.54) is 32.9 Å². The predicted molar refractivity (Wildman–Crippen MR) is 159 cm³/mol. The van der Waals surface area contributed by atoms with Crippen molar-refractivity contribution in [2.75, 3.05) is 0 Å². The average Bonchev–Trinajstić information content (AvgIpc) is 3.59. The fourth-order valence-electron chi connectivity index (χ4n) is 6.48. The van der Waals surface area contributed by atoms with Crippen molar-refractivity contribution in [3.8, 4) is 11.5 Å². The van der Waals surface area contributed by atoms with Gasteiger partial charge in [0.05, 0.1) is 33.1 Å². The normalized spacial score (nSPS) is 12.1. The molecule has 0 saturated carbocycles. The van der Waals surface area contributed by atoms with E-state index in [-0.39, 0.29) is 0 Å². The fraction of sp³-hybridized carbons (Fsp3) is 0.118. The Morgan fingerprint density at radius 2 is 1.03 bits per heavy atom. The molecule has 0 aliphatic heterocycles. The molecular weight excluding hydrogens is 480 g/mol. The molecule has 0 radical (unpaired) electrons. The second-order valence-electron chi connectivity index (χ2n) is 10.6. The number of hydrogen-bond donors (Lipinski definition) is 0. The van der Waals surface area contributed by atoms with E-state index >= 15 is 0 Å². The third-order valence-electron chi connectivity index (χ3n) is 8.11. The summed E-state index contributed by atoms with van der Waals surface area (Å²) in [5.74, 6) is 1.60. The maximum atomic E-state index is 6.63. The van der Waals surface area contributed by atoms with E-state index in [1.807, 2.05) is 12.4 Å². The Bertz CT molecular complexity index is 2140. The van der Waals surface area contributed by atoms with Crippen LogP contribution in [0.5, 0.6) is 11.5 Å². The van der Waals surface area contributed by atoms with Crippen LogP contribution >= 0.6 is 0 Å². The molecule has 188 valence electrons. The minimum Gasteiger partial charge on any atom is -0.457 e. The second kappa shape index (κ2) is 7.81. The molecule has 2 aromatic carbocycles. The Balaban J connectivity index is 1.38. The second-order valence-corrected chi connectivity index (χ2v) is 10.6. The third-order valence-corrected chi connectivity index (χ3v) is 8.11. The van der Waals surface area contributed by atoms with Gasteiger partial charge in [0, 0.05) is 46.3 Å². The Labute approximate surface area is 224 Å². The fourth-order valence-corrected chi connectivity index (χ4v) is 6.48. The van der Waals surface area contributed by atoms with E-state index in [9.17, 15) is 0 Å². The summed E-state index contributed by atoms with van der Waals surface area (Å²) in [5.41, 5.74) is 11.3. The zero-order valence-electron chi connectivity index (χ0n) is 22.3. The van der Waals surface area contributed by atoms with Gasteiger partial charge in [0.2, 0.25) is 0 Å². The topological polar surface area (TPSA) is 43.8 Å². The number of fused-ring (bicyclic) bond motifs is 12. The molecule has 0 saturated heterocycles. The molecule has 0 bridgehead atoms. The van der Waals surface area contributed by atoms with Crippen LogP contribution in [0.1, 0.15) is 22.3 Å². The van der Waals surface area contributed by atoms with E-state index in [2.05, 4.69) is 110 Å². The van der Waals surface area contributed by atoms with E-state index in [0.29, 0.717) is 0 Å². The number of nitrogens with zero attached hydrogens (tertiary/aromatic N) is 4. The van der Waals surface area contributed by atoms with Crippen molar-refractivity contribution in [1.29, 1.82) is 0 Å². The third kappa shape index (κ3) is 3.01. The van der Waals surface area contributed by atoms with E-state index in [4.69, 9.17) is 14.7 Å². The first-order valence-electron chi connectivity index (χ1n) is 13.2. The first-order chi connectivity index (χ1) is 19.0. The van der Waals surface area contributed by atoms with Gasteiger partial charge >= 0.3 is 0 Å². The number of ether oxygens (including phenoxy) is 1. The summed E-state index contributed by atoms with van der Waals surface area (Å²) in [7, 11) is 0. The summed E-state index contributed by atoms with van der Waals surface area (Å²) in [6.07, 6.45) is 8.03. The van der Waals surface area contributed by atoms with Crippen LogP contribution in [-0.4, -0.2) is 18.8 Å². The Morgan fingerprint density at radius 3 is 1.49 bits per heavy atom. The van der Waals surface area contributed by atoms with Gasteiger partial charge in [-0.05, 0) is 111 Å². The predicted octanol–water partition coefficient (Wildman–Crippen LogP) is 8.62. The van der Waals surface area contributed by atoms with Crippen LogP contribution in [0.4, 0.5) is 0 Å². The molecule has 6 aromatic heterocycles. The molecule has 5 nitrogen and oxygen atoms in total. The standard InChI is InChI=1S/C34H26N4O/c1-19-9-11-35-31-25-17-23(15-21(3)29(25)27-7-5-13-37(27)33(19)31)39-24-16-22(4)30-26(18-24)32-34(20(2)10-12-36-32)38-14-6-8-28(30)38/h5-18H,1-4H3. The molecule has 0 atom stereocenters. The molecule has 8 rings (SSSR count). The lowest BCUT2D eigenvalue weighted by Gasteiger charge is -2.16. The molecule has 39 heavy (non-hydrogen) atoms. The quantitative estimate of drug-likeness (QED) is 0.220. The lowest BCUT2D eigenvalue weighted by molar-refractivity contribution is 0.483. The SMILES string of the molecule is Cc1cc(Oc2cc(C)c3c(c2)c2nccc(C)c2n2cccc32)cc2c3nccc(C)c3n3cccc3c12. The van der Waals surface area contributed by atoms with Crippen molar-refractivity contribution < 1.29 is 4.74 Å². The highest BCUT2D eigenvalue weighted by Crippen LogP contribution is 2.39. The van der Waals surface area contributed by atoms with Crippen LogP contribution in [0.3, 0.4) is 0 Å². The summed E-state index contributed by atoms with van der Waals surface area (Å²) in [6, 6.07) is 21.2. The molecule has 0 spiro atoms. The van der Waals surface area contributed by atoms with Crippen molar-refractivity contribution in [2.24, 2.45) is 0 Å². The van der Waals surface area contributed by atoms with Gasteiger partial charge in [-0.3, -0.25) is 9.97 Å². The van der Waals surface area contributed by atoms with Crippen LogP contribution in [0, 0.1) is 27.7 Å². The summed E-state index contributed by atoms with van der Waals surface area (Å²) in [5, 5.41) is 4.61. The summed E-state index contributed by atoms with van der Waals surface area (Å²) in [4.78, 5) is 9.65. The molecule has 0 aliphatic rings. The van der Waals surface area contributed by atoms with Gasteiger partial charge in [-0.1, -0.05) is 0 Å². The number of benzene rings is 2. The van der Waals surface area contributed by atoms with Gasteiger partial charge in [-0.25, -0.2) is 0 Å². The van der Waals surface area contributed by atoms with Crippen LogP contribution in [-0.2, 0) is 0 Å². The lowest BCUT2D eigenvalue weighted by Crippen LogP contribution is -1.97. The Morgan fingerprint density at radius 1 is 0.564 bits per heavy atom. The molecular formula is C34H26N4O. The van der Waals surface area contributed by atoms with E-state index in [1.54, 1.807) is 0 Å². The van der Waals surface area contributed by atoms with Crippen LogP contribution < -0.4 is 4.74 Å². The van der Waals surface area contributed by atoms with Crippen LogP contribution in [0.2, 0.25) is 0 Å². The molecule has 6 heterocycles. The zero-order chi connectivity index (χ0) is 26.4. The highest BCUT2D eigenvalue weighted by molar-refractivity contribution is 6.14. The van der Waals surface area contributed by atoms with Crippen molar-refractivity contribution >= 4 is 54.6 Å². The molecule has 0 N–H and O–H groups in total. The van der Waals surface area contributed by atoms with Gasteiger partial charge in [-0.15, -0.1) is 0 Å². The monoisotopic (exact) mass is 506 g/mol. The maximum Gasteiger partial charge on any atom is 0.128 e. The Kier molecular flexibility index (Phi) is 4.43. The van der Waals surface area contributed by atoms with Crippen LogP contribution in [0.15, 0.2) is 85.5 Å². The van der Waals surface area contributed by atoms with Crippen molar-refractivity contribution in [3.05, 3.63) is 108 Å². The summed E-state index contributed by atoms with van der Waals surface area (Å²) < 4.78 is 11.1. The molecule has 0 aliphatic carbocycles. The average molecular weight is 507 g/mol. The number of rotatable bonds is 2. The minimum absolute atomic E-state index is 0.802. The van der Waals surface area contributed by atoms with Gasteiger partial charge in [-0.2, -0.15) is 0 Å². The first kappa shape index (κ1) is 22.1. The van der Waals surface area contributed by atoms with Gasteiger partial charge in [0.1, 0.15) is 11.5 Å². The largest absolute Gasteiger partial charge is 0.457 e. The number of aryl methyl sites for hydroxylation is 4. The van der Waals surface area contributed by atoms with E-state index < -0.39 is 0 Å². The zero-order valence-corrected chi connectivity index (χ0v) is 22.3. The van der Waals surface area contributed by atoms with Gasteiger partial charge in [0.15, 0.2) is 0 Å². The molecule has 0 unspecified atom stereocenters. The molecule has 8 aromatic rings. The first-order valence-corrected chi connectivity index (χ1v) is 13.2. The van der Waals surface area contributed by atoms with Gasteiger partial charge in [0.25, 0.3) is 0 Å². The number of aromatic nitrogens is 4. The molecule has 0 amide bonds. The number of pyridine rings is 4. The van der Waals surface area contributed by atoms with Crippen molar-refractivity contribution in [1.82, 2.24) is 18.8 Å². The van der Waals surface area contributed by atoms with Gasteiger partial charge < -0.3 is 13.5 Å². The van der Waals surface area contributed by atoms with E-state index in [0.717, 1.165) is 55.5 Å². The van der Waals surface area contributed by atoms with Crippen molar-refractivity contribution in [2.45, 2.75) is 27.7 Å². The summed E-state index contributed by atoms with van der Waals surface area (Å²) in [6.45, 7) is 8.59. The minimum atomic E-state index is 0.802. The Hall–Kier alpha value is -4.90. The maximum absolute atomic E-state index is 6.63. The molecule has 0 fully saturated rings. The lowest BCUT2D eigenvalue weighted by atomic mass is 10.0. The highest BCUT2D eigenvalue weighted by Gasteiger charge is 2.17. The smallest absolute Gasteiger partial charge is 0.128 e.